The highest BCUT2D eigenvalue weighted by atomic mass is 15.4. The van der Waals surface area contributed by atoms with Crippen molar-refractivity contribution in [1.29, 1.82) is 0 Å². The van der Waals surface area contributed by atoms with Crippen LogP contribution in [0.4, 0.5) is 0 Å². The van der Waals surface area contributed by atoms with Crippen LogP contribution in [-0.4, -0.2) is 31.3 Å². The summed E-state index contributed by atoms with van der Waals surface area (Å²) in [7, 11) is 1.95. The smallest absolute Gasteiger partial charge is 0.0827 e. The van der Waals surface area contributed by atoms with Crippen molar-refractivity contribution in [2.45, 2.75) is 32.2 Å². The molecule has 0 aliphatic heterocycles. The molecule has 18 heavy (non-hydrogen) atoms. The van der Waals surface area contributed by atoms with Crippen LogP contribution in [0, 0.1) is 0 Å². The average Bonchev–Trinajstić information content (AvgIpc) is 2.96. The number of nitrogens with zero attached hydrogens (tertiary/aromatic N) is 5. The molecule has 2 heterocycles. The molecule has 2 aromatic rings. The lowest BCUT2D eigenvalue weighted by molar-refractivity contribution is 0.567. The zero-order valence-electron chi connectivity index (χ0n) is 10.8. The Kier molecular flexibility index (Phi) is 4.46. The van der Waals surface area contributed by atoms with Gasteiger partial charge in [0.05, 0.1) is 5.69 Å². The van der Waals surface area contributed by atoms with E-state index in [-0.39, 0.29) is 0 Å². The van der Waals surface area contributed by atoms with Crippen molar-refractivity contribution in [1.82, 2.24) is 24.8 Å². The molecule has 0 aromatic carbocycles. The molecule has 0 aliphatic carbocycles. The number of unbranched alkanes of at least 4 members (excludes halogenated alkanes) is 1. The second-order valence-electron chi connectivity index (χ2n) is 4.41. The van der Waals surface area contributed by atoms with Crippen LogP contribution in [0.2, 0.25) is 0 Å². The van der Waals surface area contributed by atoms with Crippen molar-refractivity contribution in [3.8, 4) is 0 Å². The van der Waals surface area contributed by atoms with Crippen molar-refractivity contribution < 1.29 is 0 Å². The van der Waals surface area contributed by atoms with Gasteiger partial charge in [-0.25, -0.2) is 0 Å². The summed E-state index contributed by atoms with van der Waals surface area (Å²) in [6.45, 7) is 1.58. The van der Waals surface area contributed by atoms with Gasteiger partial charge in [0.25, 0.3) is 0 Å². The second kappa shape index (κ2) is 6.30. The molecule has 2 aromatic heterocycles. The molecule has 0 saturated carbocycles. The van der Waals surface area contributed by atoms with E-state index in [9.17, 15) is 0 Å². The zero-order valence-corrected chi connectivity index (χ0v) is 10.8. The summed E-state index contributed by atoms with van der Waals surface area (Å²) < 4.78 is 3.78. The monoisotopic (exact) mass is 248 g/mol. The number of nitrogens with two attached hydrogens (primary N) is 1. The molecular formula is C12H20N6. The van der Waals surface area contributed by atoms with Crippen molar-refractivity contribution in [3.63, 3.8) is 0 Å². The average molecular weight is 248 g/mol. The molecule has 0 amide bonds. The van der Waals surface area contributed by atoms with Crippen LogP contribution >= 0.6 is 0 Å². The third-order valence-electron chi connectivity index (χ3n) is 2.99. The SMILES string of the molecule is Cn1nccc1CCn1cc(CCCCN)nn1. The van der Waals surface area contributed by atoms with Gasteiger partial charge >= 0.3 is 0 Å². The van der Waals surface area contributed by atoms with E-state index in [1.807, 2.05) is 34.9 Å². The van der Waals surface area contributed by atoms with Gasteiger partial charge in [0.1, 0.15) is 0 Å². The highest BCUT2D eigenvalue weighted by Gasteiger charge is 2.03. The van der Waals surface area contributed by atoms with Gasteiger partial charge in [0.2, 0.25) is 0 Å². The van der Waals surface area contributed by atoms with Crippen LogP contribution in [0.15, 0.2) is 18.5 Å². The fourth-order valence-electron chi connectivity index (χ4n) is 1.89. The van der Waals surface area contributed by atoms with E-state index >= 15 is 0 Å². The minimum atomic E-state index is 0.745. The molecule has 6 heteroatoms. The van der Waals surface area contributed by atoms with Gasteiger partial charge in [0.15, 0.2) is 0 Å². The summed E-state index contributed by atoms with van der Waals surface area (Å²) >= 11 is 0. The maximum Gasteiger partial charge on any atom is 0.0827 e. The van der Waals surface area contributed by atoms with Gasteiger partial charge in [-0.3, -0.25) is 9.36 Å². The zero-order chi connectivity index (χ0) is 12.8. The third-order valence-corrected chi connectivity index (χ3v) is 2.99. The summed E-state index contributed by atoms with van der Waals surface area (Å²) in [5.74, 6) is 0. The van der Waals surface area contributed by atoms with E-state index in [1.54, 1.807) is 0 Å². The molecule has 0 atom stereocenters. The molecule has 2 rings (SSSR count). The number of hydrogen-bond donors (Lipinski definition) is 1. The Morgan fingerprint density at radius 1 is 1.28 bits per heavy atom. The molecule has 98 valence electrons. The first-order valence-corrected chi connectivity index (χ1v) is 6.35. The van der Waals surface area contributed by atoms with Gasteiger partial charge in [-0.2, -0.15) is 5.10 Å². The highest BCUT2D eigenvalue weighted by Crippen LogP contribution is 2.03. The molecule has 6 nitrogen and oxygen atoms in total. The van der Waals surface area contributed by atoms with Gasteiger partial charge in [-0.05, 0) is 31.9 Å². The lowest BCUT2D eigenvalue weighted by Crippen LogP contribution is -2.06. The van der Waals surface area contributed by atoms with E-state index < -0.39 is 0 Å². The number of rotatable bonds is 7. The first kappa shape index (κ1) is 12.8. The molecule has 0 aliphatic rings. The van der Waals surface area contributed by atoms with Crippen molar-refractivity contribution >= 4 is 0 Å². The van der Waals surface area contributed by atoms with Crippen molar-refractivity contribution in [2.75, 3.05) is 6.54 Å². The maximum atomic E-state index is 5.46. The lowest BCUT2D eigenvalue weighted by Gasteiger charge is -2.01. The van der Waals surface area contributed by atoms with E-state index in [4.69, 9.17) is 5.73 Å². The minimum absolute atomic E-state index is 0.745. The highest BCUT2D eigenvalue weighted by molar-refractivity contribution is 5.00. The maximum absolute atomic E-state index is 5.46. The van der Waals surface area contributed by atoms with Crippen LogP contribution in [0.1, 0.15) is 24.2 Å². The number of aromatic nitrogens is 5. The molecule has 0 radical (unpaired) electrons. The predicted molar refractivity (Wildman–Crippen MR) is 68.9 cm³/mol. The Hall–Kier alpha value is -1.69. The molecule has 0 bridgehead atoms. The van der Waals surface area contributed by atoms with E-state index in [1.165, 1.54) is 5.69 Å². The molecule has 0 saturated heterocycles. The fourth-order valence-corrected chi connectivity index (χ4v) is 1.89. The summed E-state index contributed by atoms with van der Waals surface area (Å²) in [4.78, 5) is 0. The van der Waals surface area contributed by atoms with Crippen LogP contribution in [-0.2, 0) is 26.4 Å². The summed E-state index contributed by atoms with van der Waals surface area (Å²) in [6, 6.07) is 2.03. The quantitative estimate of drug-likeness (QED) is 0.726. The summed E-state index contributed by atoms with van der Waals surface area (Å²) in [5.41, 5.74) is 7.72. The summed E-state index contributed by atoms with van der Waals surface area (Å²) in [6.07, 6.45) is 7.84. The minimum Gasteiger partial charge on any atom is -0.330 e. The normalized spacial score (nSPS) is 11.0. The van der Waals surface area contributed by atoms with Crippen LogP contribution in [0.25, 0.3) is 0 Å². The Bertz CT molecular complexity index is 472. The van der Waals surface area contributed by atoms with Gasteiger partial charge in [0, 0.05) is 38.1 Å². The Balaban J connectivity index is 1.81. The van der Waals surface area contributed by atoms with Crippen LogP contribution in [0.5, 0.6) is 0 Å². The molecule has 2 N–H and O–H groups in total. The number of hydrogen-bond acceptors (Lipinski definition) is 4. The van der Waals surface area contributed by atoms with Crippen molar-refractivity contribution in [3.05, 3.63) is 29.8 Å². The summed E-state index contributed by atoms with van der Waals surface area (Å²) in [5, 5.41) is 12.4. The van der Waals surface area contributed by atoms with E-state index in [0.29, 0.717) is 0 Å². The molecule has 0 unspecified atom stereocenters. The van der Waals surface area contributed by atoms with Crippen molar-refractivity contribution in [2.24, 2.45) is 12.8 Å². The lowest BCUT2D eigenvalue weighted by atomic mass is 10.2. The molecular weight excluding hydrogens is 228 g/mol. The molecule has 0 spiro atoms. The second-order valence-corrected chi connectivity index (χ2v) is 4.41. The Morgan fingerprint density at radius 2 is 2.17 bits per heavy atom. The third kappa shape index (κ3) is 3.40. The topological polar surface area (TPSA) is 74.5 Å². The Morgan fingerprint density at radius 3 is 2.89 bits per heavy atom. The number of aryl methyl sites for hydroxylation is 4. The van der Waals surface area contributed by atoms with Gasteiger partial charge in [-0.15, -0.1) is 5.10 Å². The van der Waals surface area contributed by atoms with Gasteiger partial charge < -0.3 is 5.73 Å². The molecule has 0 fully saturated rings. The van der Waals surface area contributed by atoms with E-state index in [0.717, 1.165) is 44.5 Å². The standard InChI is InChI=1S/C12H20N6/c1-17-12(5-8-14-17)6-9-18-10-11(15-16-18)4-2-3-7-13/h5,8,10H,2-4,6-7,9,13H2,1H3. The first-order chi connectivity index (χ1) is 8.79. The Labute approximate surface area is 107 Å². The largest absolute Gasteiger partial charge is 0.330 e. The van der Waals surface area contributed by atoms with E-state index in [2.05, 4.69) is 15.4 Å². The fraction of sp³-hybridized carbons (Fsp3) is 0.583. The van der Waals surface area contributed by atoms with Crippen LogP contribution < -0.4 is 5.73 Å². The van der Waals surface area contributed by atoms with Gasteiger partial charge in [-0.1, -0.05) is 5.21 Å². The predicted octanol–water partition coefficient (Wildman–Crippen LogP) is 0.536. The first-order valence-electron chi connectivity index (χ1n) is 6.35. The van der Waals surface area contributed by atoms with Crippen LogP contribution in [0.3, 0.4) is 0 Å².